The Bertz CT molecular complexity index is 1040. The lowest BCUT2D eigenvalue weighted by atomic mass is 10.1. The Hall–Kier alpha value is -3.27. The molecule has 1 fully saturated rings. The van der Waals surface area contributed by atoms with Crippen molar-refractivity contribution >= 4 is 11.9 Å². The zero-order valence-corrected chi connectivity index (χ0v) is 19.4. The van der Waals surface area contributed by atoms with Gasteiger partial charge in [-0.05, 0) is 43.7 Å². The van der Waals surface area contributed by atoms with E-state index in [2.05, 4.69) is 5.32 Å². The summed E-state index contributed by atoms with van der Waals surface area (Å²) in [6.45, 7) is 2.58. The Morgan fingerprint density at radius 2 is 1.74 bits per heavy atom. The van der Waals surface area contributed by atoms with Gasteiger partial charge in [0.25, 0.3) is 5.91 Å². The fraction of sp³-hybridized carbons (Fsp3) is 0.417. The number of benzene rings is 2. The highest BCUT2D eigenvalue weighted by Gasteiger charge is 2.39. The first-order valence-corrected chi connectivity index (χ1v) is 10.6. The predicted molar refractivity (Wildman–Crippen MR) is 118 cm³/mol. The summed E-state index contributed by atoms with van der Waals surface area (Å²) in [4.78, 5) is 26.9. The summed E-state index contributed by atoms with van der Waals surface area (Å²) in [6, 6.07) is 6.67. The van der Waals surface area contributed by atoms with Crippen LogP contribution >= 0.6 is 0 Å². The first-order valence-electron chi connectivity index (χ1n) is 10.6. The molecule has 0 saturated carbocycles. The molecule has 0 spiro atoms. The summed E-state index contributed by atoms with van der Waals surface area (Å²) in [6.07, 6.45) is -4.17. The van der Waals surface area contributed by atoms with Crippen LogP contribution in [0.15, 0.2) is 36.4 Å². The molecule has 3 rings (SSSR count). The number of nitrogens with zero attached hydrogens (tertiary/aromatic N) is 1. The molecular weight excluding hydrogens is 453 g/mol. The van der Waals surface area contributed by atoms with Crippen molar-refractivity contribution < 1.29 is 37.0 Å². The van der Waals surface area contributed by atoms with Crippen LogP contribution in [0.3, 0.4) is 0 Å². The van der Waals surface area contributed by atoms with Crippen LogP contribution in [-0.2, 0) is 22.3 Å². The lowest BCUT2D eigenvalue weighted by Gasteiger charge is -2.24. The van der Waals surface area contributed by atoms with Gasteiger partial charge in [-0.2, -0.15) is 13.2 Å². The third kappa shape index (κ3) is 5.44. The number of carbonyl (C=O) groups is 2. The van der Waals surface area contributed by atoms with Crippen molar-refractivity contribution in [2.24, 2.45) is 0 Å². The van der Waals surface area contributed by atoms with Gasteiger partial charge in [-0.3, -0.25) is 14.5 Å². The molecule has 0 aliphatic carbocycles. The third-order valence-corrected chi connectivity index (χ3v) is 5.92. The number of hydrogen-bond donors (Lipinski definition) is 1. The second-order valence-corrected chi connectivity index (χ2v) is 8.03. The monoisotopic (exact) mass is 480 g/mol. The summed E-state index contributed by atoms with van der Waals surface area (Å²) in [5, 5.41) is 2.82. The Morgan fingerprint density at radius 3 is 2.29 bits per heavy atom. The van der Waals surface area contributed by atoms with Crippen LogP contribution in [0.5, 0.6) is 11.5 Å². The summed E-state index contributed by atoms with van der Waals surface area (Å²) in [7, 11) is 4.42. The van der Waals surface area contributed by atoms with Crippen molar-refractivity contribution in [3.8, 4) is 11.5 Å². The zero-order chi connectivity index (χ0) is 25.0. The van der Waals surface area contributed by atoms with E-state index < -0.39 is 35.7 Å². The highest BCUT2D eigenvalue weighted by molar-refractivity contribution is 5.94. The predicted octanol–water partition coefficient (Wildman–Crippen LogP) is 3.58. The first kappa shape index (κ1) is 25.4. The molecule has 184 valence electrons. The summed E-state index contributed by atoms with van der Waals surface area (Å²) in [5.41, 5.74) is 0.937. The fourth-order valence-electron chi connectivity index (χ4n) is 4.22. The van der Waals surface area contributed by atoms with Gasteiger partial charge in [0.2, 0.25) is 0 Å². The van der Waals surface area contributed by atoms with Crippen molar-refractivity contribution in [3.63, 3.8) is 0 Å². The van der Waals surface area contributed by atoms with E-state index in [1.54, 1.807) is 14.2 Å². The summed E-state index contributed by atoms with van der Waals surface area (Å²) in [5.74, 6) is 0.367. The highest BCUT2D eigenvalue weighted by Crippen LogP contribution is 2.34. The van der Waals surface area contributed by atoms with Crippen molar-refractivity contribution in [1.82, 2.24) is 10.2 Å². The molecule has 7 nitrogen and oxygen atoms in total. The molecule has 2 aromatic rings. The van der Waals surface area contributed by atoms with E-state index in [9.17, 15) is 22.8 Å². The fourth-order valence-corrected chi connectivity index (χ4v) is 4.22. The lowest BCUT2D eigenvalue weighted by molar-refractivity contribution is -0.146. The number of carbonyl (C=O) groups excluding carboxylic acids is 2. The number of halogens is 3. The molecule has 0 radical (unpaired) electrons. The molecule has 2 atom stereocenters. The molecule has 0 bridgehead atoms. The molecule has 1 N–H and O–H groups in total. The molecule has 1 heterocycles. The van der Waals surface area contributed by atoms with Crippen molar-refractivity contribution in [2.75, 3.05) is 27.9 Å². The largest absolute Gasteiger partial charge is 0.496 e. The van der Waals surface area contributed by atoms with Crippen LogP contribution in [0.1, 0.15) is 33.5 Å². The van der Waals surface area contributed by atoms with E-state index in [1.807, 2.05) is 24.0 Å². The van der Waals surface area contributed by atoms with Gasteiger partial charge in [-0.25, -0.2) is 0 Å². The minimum atomic E-state index is -4.48. The first-order chi connectivity index (χ1) is 16.1. The van der Waals surface area contributed by atoms with Crippen LogP contribution in [0.2, 0.25) is 0 Å². The number of alkyl halides is 3. The van der Waals surface area contributed by atoms with Crippen LogP contribution in [-0.4, -0.2) is 56.7 Å². The van der Waals surface area contributed by atoms with Crippen molar-refractivity contribution in [1.29, 1.82) is 0 Å². The minimum Gasteiger partial charge on any atom is -0.496 e. The quantitative estimate of drug-likeness (QED) is 0.611. The van der Waals surface area contributed by atoms with Crippen molar-refractivity contribution in [3.05, 3.63) is 58.7 Å². The van der Waals surface area contributed by atoms with E-state index in [-0.39, 0.29) is 5.56 Å². The number of likely N-dealkylation sites (tertiary alicyclic amines) is 1. The Kier molecular flexibility index (Phi) is 7.71. The molecule has 2 aromatic carbocycles. The maximum absolute atomic E-state index is 12.8. The molecule has 1 saturated heterocycles. The van der Waals surface area contributed by atoms with Gasteiger partial charge in [0.1, 0.15) is 17.5 Å². The van der Waals surface area contributed by atoms with E-state index >= 15 is 0 Å². The summed E-state index contributed by atoms with van der Waals surface area (Å²) >= 11 is 0. The Morgan fingerprint density at radius 1 is 1.06 bits per heavy atom. The number of amides is 1. The second kappa shape index (κ2) is 10.3. The van der Waals surface area contributed by atoms with Gasteiger partial charge in [-0.1, -0.05) is 6.07 Å². The van der Waals surface area contributed by atoms with Gasteiger partial charge in [0, 0.05) is 35.8 Å². The Labute approximate surface area is 195 Å². The zero-order valence-electron chi connectivity index (χ0n) is 19.4. The molecule has 34 heavy (non-hydrogen) atoms. The molecule has 1 amide bonds. The van der Waals surface area contributed by atoms with E-state index in [0.29, 0.717) is 31.0 Å². The van der Waals surface area contributed by atoms with Crippen molar-refractivity contribution in [2.45, 2.75) is 38.1 Å². The summed E-state index contributed by atoms with van der Waals surface area (Å²) < 4.78 is 54.2. The van der Waals surface area contributed by atoms with Gasteiger partial charge >= 0.3 is 12.1 Å². The van der Waals surface area contributed by atoms with E-state index in [1.165, 1.54) is 7.11 Å². The number of esters is 1. The number of methoxy groups -OCH3 is 3. The Balaban J connectivity index is 1.76. The van der Waals surface area contributed by atoms with Gasteiger partial charge in [-0.15, -0.1) is 0 Å². The van der Waals surface area contributed by atoms with Gasteiger partial charge < -0.3 is 19.5 Å². The standard InChI is InChI=1S/C24H27F3N2O5/c1-14-20(32-2)10-7-16(21(14)33-3)12-29-13-18(11-19(29)23(31)34-4)28-22(30)15-5-8-17(9-6-15)24(25,26)27/h5-10,18-19H,11-13H2,1-4H3,(H,28,30)/t18-,19-/m0/s1. The SMILES string of the molecule is COC(=O)[C@@H]1C[C@H](NC(=O)c2ccc(C(F)(F)F)cc2)CN1Cc1ccc(OC)c(C)c1OC. The average Bonchev–Trinajstić information content (AvgIpc) is 3.20. The van der Waals surface area contributed by atoms with E-state index in [4.69, 9.17) is 14.2 Å². The van der Waals surface area contributed by atoms with E-state index in [0.717, 1.165) is 35.4 Å². The molecule has 1 aliphatic heterocycles. The lowest BCUT2D eigenvalue weighted by Crippen LogP contribution is -2.37. The molecule has 10 heteroatoms. The highest BCUT2D eigenvalue weighted by atomic mass is 19.4. The van der Waals surface area contributed by atoms with Gasteiger partial charge in [0.05, 0.1) is 26.9 Å². The van der Waals surface area contributed by atoms with Crippen LogP contribution in [0.25, 0.3) is 0 Å². The second-order valence-electron chi connectivity index (χ2n) is 8.03. The molecular formula is C24H27F3N2O5. The van der Waals surface area contributed by atoms with Crippen LogP contribution in [0, 0.1) is 6.92 Å². The number of hydrogen-bond acceptors (Lipinski definition) is 6. The van der Waals surface area contributed by atoms with Crippen LogP contribution < -0.4 is 14.8 Å². The number of ether oxygens (including phenoxy) is 3. The maximum Gasteiger partial charge on any atom is 0.416 e. The van der Waals surface area contributed by atoms with Gasteiger partial charge in [0.15, 0.2) is 0 Å². The normalized spacial score (nSPS) is 18.4. The molecule has 0 unspecified atom stereocenters. The maximum atomic E-state index is 12.8. The molecule has 0 aromatic heterocycles. The molecule has 1 aliphatic rings. The minimum absolute atomic E-state index is 0.105. The van der Waals surface area contributed by atoms with Crippen LogP contribution in [0.4, 0.5) is 13.2 Å². The number of rotatable bonds is 7. The topological polar surface area (TPSA) is 77.1 Å². The number of nitrogens with one attached hydrogen (secondary N) is 1. The smallest absolute Gasteiger partial charge is 0.416 e. The average molecular weight is 480 g/mol. The third-order valence-electron chi connectivity index (χ3n) is 5.92.